The summed E-state index contributed by atoms with van der Waals surface area (Å²) in [6.07, 6.45) is 2.33. The Morgan fingerprint density at radius 1 is 1.08 bits per heavy atom. The Bertz CT molecular complexity index is 937. The molecule has 0 saturated heterocycles. The summed E-state index contributed by atoms with van der Waals surface area (Å²) in [5, 5.41) is 10.4. The molecule has 0 spiro atoms. The molecule has 1 aromatic heterocycles. The van der Waals surface area contributed by atoms with Crippen molar-refractivity contribution in [2.75, 3.05) is 18.5 Å². The minimum Gasteiger partial charge on any atom is -0.490 e. The Hall–Kier alpha value is -2.99. The normalized spacial score (nSPS) is 13.1. The summed E-state index contributed by atoms with van der Waals surface area (Å²) >= 11 is 5.93. The molecular weight excluding hydrogens is 354 g/mol. The van der Waals surface area contributed by atoms with Gasteiger partial charge in [0.05, 0.1) is 30.7 Å². The summed E-state index contributed by atoms with van der Waals surface area (Å²) < 4.78 is 11.3. The van der Waals surface area contributed by atoms with E-state index < -0.39 is 0 Å². The first-order valence-corrected chi connectivity index (χ1v) is 8.59. The van der Waals surface area contributed by atoms with Gasteiger partial charge in [-0.25, -0.2) is 0 Å². The minimum atomic E-state index is -0.266. The number of halogens is 1. The van der Waals surface area contributed by atoms with Crippen molar-refractivity contribution in [3.63, 3.8) is 0 Å². The van der Waals surface area contributed by atoms with Gasteiger partial charge in [0.1, 0.15) is 0 Å². The SMILES string of the molecule is O=C(Nc1ccc2c(c1)OCCCO2)c1cn[nH]c1-c1ccc(Cl)cc1. The number of rotatable bonds is 3. The van der Waals surface area contributed by atoms with Crippen molar-refractivity contribution in [2.45, 2.75) is 6.42 Å². The summed E-state index contributed by atoms with van der Waals surface area (Å²) in [6.45, 7) is 1.21. The van der Waals surface area contributed by atoms with Crippen LogP contribution in [0.1, 0.15) is 16.8 Å². The van der Waals surface area contributed by atoms with Gasteiger partial charge in [-0.15, -0.1) is 0 Å². The number of aromatic nitrogens is 2. The molecule has 6 nitrogen and oxygen atoms in total. The van der Waals surface area contributed by atoms with Crippen LogP contribution in [-0.2, 0) is 0 Å². The van der Waals surface area contributed by atoms with Gasteiger partial charge in [-0.2, -0.15) is 5.10 Å². The molecule has 7 heteroatoms. The lowest BCUT2D eigenvalue weighted by Crippen LogP contribution is -2.12. The molecule has 2 aromatic carbocycles. The lowest BCUT2D eigenvalue weighted by molar-refractivity contribution is 0.102. The summed E-state index contributed by atoms with van der Waals surface area (Å²) in [5.74, 6) is 1.05. The van der Waals surface area contributed by atoms with Crippen LogP contribution in [0.15, 0.2) is 48.7 Å². The fourth-order valence-corrected chi connectivity index (χ4v) is 2.86. The first-order chi connectivity index (χ1) is 12.7. The molecule has 4 rings (SSSR count). The average Bonchev–Trinajstić information content (AvgIpc) is 3.02. The van der Waals surface area contributed by atoms with E-state index in [0.717, 1.165) is 12.0 Å². The second-order valence-corrected chi connectivity index (χ2v) is 6.27. The van der Waals surface area contributed by atoms with E-state index in [1.54, 1.807) is 30.3 Å². The third-order valence-electron chi connectivity index (χ3n) is 4.02. The molecule has 1 amide bonds. The van der Waals surface area contributed by atoms with Gasteiger partial charge in [-0.05, 0) is 24.3 Å². The van der Waals surface area contributed by atoms with E-state index in [1.165, 1.54) is 6.20 Å². The van der Waals surface area contributed by atoms with Crippen molar-refractivity contribution in [1.82, 2.24) is 10.2 Å². The highest BCUT2D eigenvalue weighted by molar-refractivity contribution is 6.30. The quantitative estimate of drug-likeness (QED) is 0.727. The standard InChI is InChI=1S/C19H16ClN3O3/c20-13-4-2-12(3-5-13)18-15(11-21-23-18)19(24)22-14-6-7-16-17(10-14)26-9-1-8-25-16/h2-7,10-11H,1,8-9H2,(H,21,23)(H,22,24). The summed E-state index contributed by atoms with van der Waals surface area (Å²) in [7, 11) is 0. The summed E-state index contributed by atoms with van der Waals surface area (Å²) in [5.41, 5.74) is 2.53. The van der Waals surface area contributed by atoms with E-state index >= 15 is 0 Å². The molecule has 0 unspecified atom stereocenters. The van der Waals surface area contributed by atoms with Crippen LogP contribution in [0.3, 0.4) is 0 Å². The third kappa shape index (κ3) is 3.36. The molecule has 0 radical (unpaired) electrons. The Kier molecular flexibility index (Phi) is 4.50. The van der Waals surface area contributed by atoms with Gasteiger partial charge in [0.2, 0.25) is 0 Å². The maximum Gasteiger partial charge on any atom is 0.259 e. The van der Waals surface area contributed by atoms with Crippen LogP contribution in [0.25, 0.3) is 11.3 Å². The summed E-state index contributed by atoms with van der Waals surface area (Å²) in [6, 6.07) is 12.5. The predicted molar refractivity (Wildman–Crippen MR) is 99.0 cm³/mol. The molecular formula is C19H16ClN3O3. The van der Waals surface area contributed by atoms with Gasteiger partial charge >= 0.3 is 0 Å². The maximum atomic E-state index is 12.7. The lowest BCUT2D eigenvalue weighted by Gasteiger charge is -2.10. The van der Waals surface area contributed by atoms with Gasteiger partial charge in [0.15, 0.2) is 11.5 Å². The second kappa shape index (κ2) is 7.09. The van der Waals surface area contributed by atoms with E-state index in [9.17, 15) is 4.79 Å². The van der Waals surface area contributed by atoms with Crippen molar-refractivity contribution in [2.24, 2.45) is 0 Å². The van der Waals surface area contributed by atoms with E-state index in [1.807, 2.05) is 12.1 Å². The molecule has 0 bridgehead atoms. The second-order valence-electron chi connectivity index (χ2n) is 5.83. The number of carbonyl (C=O) groups is 1. The Morgan fingerprint density at radius 2 is 1.85 bits per heavy atom. The first kappa shape index (κ1) is 16.5. The zero-order valence-electron chi connectivity index (χ0n) is 13.8. The molecule has 3 aromatic rings. The topological polar surface area (TPSA) is 76.2 Å². The monoisotopic (exact) mass is 369 g/mol. The van der Waals surface area contributed by atoms with Crippen LogP contribution >= 0.6 is 11.6 Å². The molecule has 2 heterocycles. The van der Waals surface area contributed by atoms with Gasteiger partial charge in [0.25, 0.3) is 5.91 Å². The molecule has 1 aliphatic heterocycles. The number of amides is 1. The van der Waals surface area contributed by atoms with E-state index in [2.05, 4.69) is 15.5 Å². The number of carbonyl (C=O) groups excluding carboxylic acids is 1. The van der Waals surface area contributed by atoms with Crippen molar-refractivity contribution in [3.8, 4) is 22.8 Å². The smallest absolute Gasteiger partial charge is 0.259 e. The maximum absolute atomic E-state index is 12.7. The minimum absolute atomic E-state index is 0.266. The van der Waals surface area contributed by atoms with Crippen LogP contribution in [0.5, 0.6) is 11.5 Å². The Labute approximate surface area is 155 Å². The summed E-state index contributed by atoms with van der Waals surface area (Å²) in [4.78, 5) is 12.7. The van der Waals surface area contributed by atoms with Crippen LogP contribution in [0, 0.1) is 0 Å². The van der Waals surface area contributed by atoms with Gasteiger partial charge in [-0.1, -0.05) is 23.7 Å². The van der Waals surface area contributed by atoms with E-state index in [4.69, 9.17) is 21.1 Å². The van der Waals surface area contributed by atoms with Crippen LogP contribution < -0.4 is 14.8 Å². The number of hydrogen-bond donors (Lipinski definition) is 2. The number of hydrogen-bond acceptors (Lipinski definition) is 4. The molecule has 26 heavy (non-hydrogen) atoms. The number of benzene rings is 2. The highest BCUT2D eigenvalue weighted by Crippen LogP contribution is 2.32. The Balaban J connectivity index is 1.57. The van der Waals surface area contributed by atoms with Crippen molar-refractivity contribution >= 4 is 23.2 Å². The van der Waals surface area contributed by atoms with Crippen LogP contribution in [0.2, 0.25) is 5.02 Å². The highest BCUT2D eigenvalue weighted by Gasteiger charge is 2.17. The molecule has 0 aliphatic carbocycles. The average molecular weight is 370 g/mol. The number of fused-ring (bicyclic) bond motifs is 1. The number of aromatic amines is 1. The number of ether oxygens (including phenoxy) is 2. The molecule has 0 saturated carbocycles. The number of nitrogens with zero attached hydrogens (tertiary/aromatic N) is 1. The zero-order chi connectivity index (χ0) is 17.9. The number of anilines is 1. The van der Waals surface area contributed by atoms with Gasteiger partial charge in [-0.3, -0.25) is 9.89 Å². The van der Waals surface area contributed by atoms with Crippen molar-refractivity contribution in [1.29, 1.82) is 0 Å². The molecule has 0 atom stereocenters. The first-order valence-electron chi connectivity index (χ1n) is 8.21. The van der Waals surface area contributed by atoms with E-state index in [0.29, 0.717) is 46.7 Å². The van der Waals surface area contributed by atoms with Crippen molar-refractivity contribution in [3.05, 3.63) is 59.2 Å². The number of nitrogens with one attached hydrogen (secondary N) is 2. The van der Waals surface area contributed by atoms with Crippen molar-refractivity contribution < 1.29 is 14.3 Å². The molecule has 132 valence electrons. The highest BCUT2D eigenvalue weighted by atomic mass is 35.5. The lowest BCUT2D eigenvalue weighted by atomic mass is 10.1. The molecule has 2 N–H and O–H groups in total. The van der Waals surface area contributed by atoms with E-state index in [-0.39, 0.29) is 5.91 Å². The molecule has 1 aliphatic rings. The van der Waals surface area contributed by atoms with Crippen LogP contribution in [0.4, 0.5) is 5.69 Å². The van der Waals surface area contributed by atoms with Gasteiger partial charge < -0.3 is 14.8 Å². The fraction of sp³-hybridized carbons (Fsp3) is 0.158. The molecule has 0 fully saturated rings. The third-order valence-corrected chi connectivity index (χ3v) is 4.27. The predicted octanol–water partition coefficient (Wildman–Crippen LogP) is 4.14. The van der Waals surface area contributed by atoms with Gasteiger partial charge in [0, 0.05) is 28.8 Å². The zero-order valence-corrected chi connectivity index (χ0v) is 14.5. The number of H-pyrrole nitrogens is 1. The fourth-order valence-electron chi connectivity index (χ4n) is 2.73. The largest absolute Gasteiger partial charge is 0.490 e. The Morgan fingerprint density at radius 3 is 2.65 bits per heavy atom. The van der Waals surface area contributed by atoms with Crippen LogP contribution in [-0.4, -0.2) is 29.3 Å².